The van der Waals surface area contributed by atoms with Crippen molar-refractivity contribution in [3.05, 3.63) is 53.3 Å². The molecule has 1 fully saturated rings. The van der Waals surface area contributed by atoms with E-state index >= 15 is 0 Å². The van der Waals surface area contributed by atoms with Gasteiger partial charge in [0, 0.05) is 26.2 Å². The van der Waals surface area contributed by atoms with E-state index in [1.165, 1.54) is 35.6 Å². The van der Waals surface area contributed by atoms with Crippen LogP contribution in [0.15, 0.2) is 42.5 Å². The third kappa shape index (κ3) is 6.30. The second-order valence-corrected chi connectivity index (χ2v) is 8.59. The Morgan fingerprint density at radius 2 is 1.97 bits per heavy atom. The maximum Gasteiger partial charge on any atom is 0.266 e. The lowest BCUT2D eigenvalue weighted by Gasteiger charge is -2.27. The summed E-state index contributed by atoms with van der Waals surface area (Å²) in [6.07, 6.45) is 0.798. The molecule has 0 aliphatic carbocycles. The Hall–Kier alpha value is -1.97. The highest BCUT2D eigenvalue weighted by Crippen LogP contribution is 2.33. The van der Waals surface area contributed by atoms with Crippen molar-refractivity contribution in [2.45, 2.75) is 6.42 Å². The number of aromatic nitrogens is 1. The lowest BCUT2D eigenvalue weighted by molar-refractivity contribution is -0.120. The molecular formula is C22H24Cl2FN3O3S. The number of nitrogens with zero attached hydrogens (tertiary/aromatic N) is 3. The highest BCUT2D eigenvalue weighted by molar-refractivity contribution is 7.22. The van der Waals surface area contributed by atoms with Crippen molar-refractivity contribution in [2.75, 3.05) is 50.9 Å². The van der Waals surface area contributed by atoms with Gasteiger partial charge in [-0.25, -0.2) is 9.37 Å². The molecule has 0 bridgehead atoms. The fraction of sp³-hybridized carbons (Fsp3) is 0.364. The van der Waals surface area contributed by atoms with E-state index in [1.807, 2.05) is 12.1 Å². The maximum atomic E-state index is 13.1. The fourth-order valence-electron chi connectivity index (χ4n) is 3.38. The fourth-order valence-corrected chi connectivity index (χ4v) is 4.69. The summed E-state index contributed by atoms with van der Waals surface area (Å²) in [6.45, 7) is 4.51. The zero-order valence-corrected chi connectivity index (χ0v) is 19.7. The first-order valence-corrected chi connectivity index (χ1v) is 11.3. The van der Waals surface area contributed by atoms with E-state index in [-0.39, 0.29) is 30.7 Å². The molecule has 0 unspecified atom stereocenters. The van der Waals surface area contributed by atoms with Gasteiger partial charge in [-0.2, -0.15) is 0 Å². The number of hydrogen-bond acceptors (Lipinski definition) is 6. The predicted molar refractivity (Wildman–Crippen MR) is 128 cm³/mol. The third-order valence-corrected chi connectivity index (χ3v) is 6.37. The normalized spacial score (nSPS) is 14.2. The van der Waals surface area contributed by atoms with Crippen molar-refractivity contribution in [1.82, 2.24) is 9.88 Å². The number of halogens is 3. The second-order valence-electron chi connectivity index (χ2n) is 7.18. The molecule has 1 aromatic heterocycles. The number of hydrogen-bond donors (Lipinski definition) is 0. The highest BCUT2D eigenvalue weighted by atomic mass is 35.5. The SMILES string of the molecule is Cl.O=C(COc1ccc(F)cc1)N(CCCN1CCOCC1)c1nc2c(Cl)cccc2s1. The maximum absolute atomic E-state index is 13.1. The minimum atomic E-state index is -0.352. The van der Waals surface area contributed by atoms with Crippen molar-refractivity contribution >= 4 is 56.6 Å². The van der Waals surface area contributed by atoms with Crippen LogP contribution in [0.3, 0.4) is 0 Å². The molecule has 172 valence electrons. The summed E-state index contributed by atoms with van der Waals surface area (Å²) in [4.78, 5) is 21.7. The van der Waals surface area contributed by atoms with Crippen LogP contribution in [0.1, 0.15) is 6.42 Å². The van der Waals surface area contributed by atoms with Crippen LogP contribution in [-0.2, 0) is 9.53 Å². The lowest BCUT2D eigenvalue weighted by atomic mass is 10.3. The first-order chi connectivity index (χ1) is 15.1. The van der Waals surface area contributed by atoms with Gasteiger partial charge in [-0.1, -0.05) is 29.0 Å². The Kier molecular flexibility index (Phi) is 9.07. The minimum Gasteiger partial charge on any atom is -0.484 e. The van der Waals surface area contributed by atoms with Gasteiger partial charge in [0.2, 0.25) is 0 Å². The van der Waals surface area contributed by atoms with Gasteiger partial charge in [0.1, 0.15) is 17.1 Å². The largest absolute Gasteiger partial charge is 0.484 e. The van der Waals surface area contributed by atoms with Crippen LogP contribution in [0.25, 0.3) is 10.2 Å². The van der Waals surface area contributed by atoms with Crippen molar-refractivity contribution in [2.24, 2.45) is 0 Å². The monoisotopic (exact) mass is 499 g/mol. The standard InChI is InChI=1S/C22H23ClFN3O3S.ClH/c23-18-3-1-4-19-21(18)25-22(31-19)27(10-2-9-26-11-13-29-14-12-26)20(28)15-30-17-7-5-16(24)6-8-17;/h1,3-8H,2,9-15H2;1H. The number of anilines is 1. The number of fused-ring (bicyclic) bond motifs is 1. The number of benzene rings is 2. The number of rotatable bonds is 8. The van der Waals surface area contributed by atoms with Gasteiger partial charge in [-0.15, -0.1) is 12.4 Å². The van der Waals surface area contributed by atoms with E-state index < -0.39 is 0 Å². The molecule has 0 atom stereocenters. The molecule has 2 heterocycles. The van der Waals surface area contributed by atoms with Crippen LogP contribution in [-0.4, -0.2) is 61.8 Å². The number of carbonyl (C=O) groups is 1. The van der Waals surface area contributed by atoms with Gasteiger partial charge in [0.15, 0.2) is 11.7 Å². The molecule has 0 radical (unpaired) electrons. The average Bonchev–Trinajstić information content (AvgIpc) is 3.22. The molecule has 0 saturated carbocycles. The van der Waals surface area contributed by atoms with E-state index in [4.69, 9.17) is 21.1 Å². The number of morpholine rings is 1. The van der Waals surface area contributed by atoms with Crippen LogP contribution < -0.4 is 9.64 Å². The van der Waals surface area contributed by atoms with Gasteiger partial charge >= 0.3 is 0 Å². The van der Waals surface area contributed by atoms with E-state index in [9.17, 15) is 9.18 Å². The molecule has 0 spiro atoms. The molecule has 1 aliphatic rings. The summed E-state index contributed by atoms with van der Waals surface area (Å²) in [6, 6.07) is 11.2. The van der Waals surface area contributed by atoms with Crippen LogP contribution >= 0.6 is 35.3 Å². The van der Waals surface area contributed by atoms with Gasteiger partial charge in [-0.05, 0) is 42.8 Å². The van der Waals surface area contributed by atoms with E-state index in [2.05, 4.69) is 9.88 Å². The van der Waals surface area contributed by atoms with Crippen LogP contribution in [0, 0.1) is 5.82 Å². The number of carbonyl (C=O) groups excluding carboxylic acids is 1. The summed E-state index contributed by atoms with van der Waals surface area (Å²) < 4.78 is 25.0. The van der Waals surface area contributed by atoms with E-state index in [0.29, 0.717) is 28.0 Å². The van der Waals surface area contributed by atoms with Gasteiger partial charge in [0.25, 0.3) is 5.91 Å². The number of ether oxygens (including phenoxy) is 2. The Bertz CT molecular complexity index is 1030. The molecule has 2 aromatic carbocycles. The summed E-state index contributed by atoms with van der Waals surface area (Å²) in [5.74, 6) is -0.119. The van der Waals surface area contributed by atoms with E-state index in [0.717, 1.165) is 44.0 Å². The minimum absolute atomic E-state index is 0. The third-order valence-electron chi connectivity index (χ3n) is 5.03. The Labute approximate surface area is 201 Å². The molecule has 32 heavy (non-hydrogen) atoms. The lowest BCUT2D eigenvalue weighted by Crippen LogP contribution is -2.40. The molecule has 1 aliphatic heterocycles. The molecule has 10 heteroatoms. The number of thiazole rings is 1. The Balaban J connectivity index is 0.00000289. The van der Waals surface area contributed by atoms with Crippen molar-refractivity contribution < 1.29 is 18.7 Å². The topological polar surface area (TPSA) is 54.9 Å². The van der Waals surface area contributed by atoms with Crippen molar-refractivity contribution in [3.63, 3.8) is 0 Å². The molecule has 0 N–H and O–H groups in total. The van der Waals surface area contributed by atoms with E-state index in [1.54, 1.807) is 11.0 Å². The molecule has 1 amide bonds. The predicted octanol–water partition coefficient (Wildman–Crippen LogP) is 4.64. The molecule has 4 rings (SSSR count). The molecule has 1 saturated heterocycles. The Morgan fingerprint density at radius 1 is 1.22 bits per heavy atom. The quantitative estimate of drug-likeness (QED) is 0.451. The van der Waals surface area contributed by atoms with Crippen molar-refractivity contribution in [3.8, 4) is 5.75 Å². The van der Waals surface area contributed by atoms with Crippen LogP contribution in [0.2, 0.25) is 5.02 Å². The van der Waals surface area contributed by atoms with Crippen LogP contribution in [0.5, 0.6) is 5.75 Å². The molecular weight excluding hydrogens is 476 g/mol. The number of para-hydroxylation sites is 1. The summed E-state index contributed by atoms with van der Waals surface area (Å²) in [5, 5.41) is 1.15. The summed E-state index contributed by atoms with van der Waals surface area (Å²) in [7, 11) is 0. The molecule has 6 nitrogen and oxygen atoms in total. The van der Waals surface area contributed by atoms with Crippen molar-refractivity contribution in [1.29, 1.82) is 0 Å². The molecule has 3 aromatic rings. The van der Waals surface area contributed by atoms with Crippen LogP contribution in [0.4, 0.5) is 9.52 Å². The first-order valence-electron chi connectivity index (χ1n) is 10.1. The average molecular weight is 500 g/mol. The first kappa shape index (κ1) is 24.7. The number of amides is 1. The smallest absolute Gasteiger partial charge is 0.266 e. The summed E-state index contributed by atoms with van der Waals surface area (Å²) >= 11 is 7.71. The zero-order valence-electron chi connectivity index (χ0n) is 17.3. The van der Waals surface area contributed by atoms with Gasteiger partial charge in [0.05, 0.1) is 22.9 Å². The summed E-state index contributed by atoms with van der Waals surface area (Å²) in [5.41, 5.74) is 0.689. The second kappa shape index (κ2) is 11.8. The van der Waals surface area contributed by atoms with Gasteiger partial charge in [-0.3, -0.25) is 14.6 Å². The Morgan fingerprint density at radius 3 is 2.69 bits per heavy atom. The highest BCUT2D eigenvalue weighted by Gasteiger charge is 2.21. The zero-order chi connectivity index (χ0) is 21.6. The van der Waals surface area contributed by atoms with Gasteiger partial charge < -0.3 is 9.47 Å².